The van der Waals surface area contributed by atoms with E-state index in [2.05, 4.69) is 164 Å². The Bertz CT molecular complexity index is 3040. The molecule has 56 heavy (non-hydrogen) atoms. The van der Waals surface area contributed by atoms with E-state index in [0.717, 1.165) is 49.8 Å². The molecular formula is C52H33N3O. The van der Waals surface area contributed by atoms with Gasteiger partial charge in [-0.1, -0.05) is 182 Å². The molecule has 2 aromatic heterocycles. The highest BCUT2D eigenvalue weighted by Crippen LogP contribution is 2.56. The van der Waals surface area contributed by atoms with Gasteiger partial charge in [-0.05, 0) is 62.7 Å². The zero-order valence-electron chi connectivity index (χ0n) is 30.3. The van der Waals surface area contributed by atoms with Crippen LogP contribution < -0.4 is 0 Å². The van der Waals surface area contributed by atoms with Crippen LogP contribution in [-0.4, -0.2) is 15.0 Å². The minimum Gasteiger partial charge on any atom is -0.455 e. The van der Waals surface area contributed by atoms with Gasteiger partial charge in [0.05, 0.1) is 11.0 Å². The van der Waals surface area contributed by atoms with Crippen molar-refractivity contribution in [2.75, 3.05) is 0 Å². The van der Waals surface area contributed by atoms with Gasteiger partial charge in [-0.2, -0.15) is 0 Å². The maximum absolute atomic E-state index is 6.54. The molecule has 10 aromatic rings. The molecule has 1 aliphatic rings. The molecule has 2 heterocycles. The van der Waals surface area contributed by atoms with E-state index in [-0.39, 0.29) is 0 Å². The van der Waals surface area contributed by atoms with E-state index in [4.69, 9.17) is 19.4 Å². The summed E-state index contributed by atoms with van der Waals surface area (Å²) >= 11 is 0. The molecule has 0 spiro atoms. The number of rotatable bonds is 6. The van der Waals surface area contributed by atoms with Gasteiger partial charge in [0.1, 0.15) is 11.2 Å². The summed E-state index contributed by atoms with van der Waals surface area (Å²) in [5.41, 5.74) is 13.1. The summed E-state index contributed by atoms with van der Waals surface area (Å²) < 4.78 is 6.54. The third-order valence-corrected chi connectivity index (χ3v) is 11.2. The SMILES string of the molecule is c1ccc(-c2ccccc2-c2nc(-c3ccc4c(c3)C(c3ccccc3)(c3ccccc3)c3ccccc3-4)nc(-c3cccc4c3oc3ccccc34)n2)cc1. The van der Waals surface area contributed by atoms with Crippen molar-refractivity contribution in [3.05, 3.63) is 222 Å². The average molecular weight is 716 g/mol. The van der Waals surface area contributed by atoms with Crippen LogP contribution in [0.25, 0.3) is 78.4 Å². The second-order valence-electron chi connectivity index (χ2n) is 14.3. The summed E-state index contributed by atoms with van der Waals surface area (Å²) in [6, 6.07) is 70.4. The summed E-state index contributed by atoms with van der Waals surface area (Å²) in [7, 11) is 0. The second kappa shape index (κ2) is 12.9. The van der Waals surface area contributed by atoms with Crippen molar-refractivity contribution < 1.29 is 4.42 Å². The first-order chi connectivity index (χ1) is 27.8. The molecule has 1 aliphatic carbocycles. The molecular weight excluding hydrogens is 683 g/mol. The van der Waals surface area contributed by atoms with Crippen molar-refractivity contribution in [3.63, 3.8) is 0 Å². The summed E-state index contributed by atoms with van der Waals surface area (Å²) in [6.07, 6.45) is 0. The van der Waals surface area contributed by atoms with Crippen LogP contribution in [0.2, 0.25) is 0 Å². The van der Waals surface area contributed by atoms with Gasteiger partial charge in [0.2, 0.25) is 0 Å². The van der Waals surface area contributed by atoms with Crippen molar-refractivity contribution in [2.24, 2.45) is 0 Å². The fourth-order valence-electron chi connectivity index (χ4n) is 8.80. The van der Waals surface area contributed by atoms with Crippen LogP contribution in [-0.2, 0) is 5.41 Å². The fourth-order valence-corrected chi connectivity index (χ4v) is 8.80. The number of aromatic nitrogens is 3. The van der Waals surface area contributed by atoms with Crippen molar-refractivity contribution >= 4 is 21.9 Å². The van der Waals surface area contributed by atoms with Gasteiger partial charge in [0.25, 0.3) is 0 Å². The lowest BCUT2D eigenvalue weighted by atomic mass is 9.67. The topological polar surface area (TPSA) is 51.8 Å². The molecule has 0 amide bonds. The number of furan rings is 1. The van der Waals surface area contributed by atoms with Gasteiger partial charge in [-0.3, -0.25) is 0 Å². The number of hydrogen-bond acceptors (Lipinski definition) is 4. The van der Waals surface area contributed by atoms with Gasteiger partial charge in [-0.15, -0.1) is 0 Å². The van der Waals surface area contributed by atoms with Crippen LogP contribution in [0.3, 0.4) is 0 Å². The largest absolute Gasteiger partial charge is 0.455 e. The molecule has 262 valence electrons. The first-order valence-corrected chi connectivity index (χ1v) is 18.9. The zero-order valence-corrected chi connectivity index (χ0v) is 30.3. The molecule has 0 radical (unpaired) electrons. The van der Waals surface area contributed by atoms with Crippen molar-refractivity contribution in [2.45, 2.75) is 5.41 Å². The zero-order chi connectivity index (χ0) is 37.1. The van der Waals surface area contributed by atoms with E-state index >= 15 is 0 Å². The maximum Gasteiger partial charge on any atom is 0.167 e. The Hall–Kier alpha value is -7.43. The first kappa shape index (κ1) is 32.0. The Morgan fingerprint density at radius 2 is 0.875 bits per heavy atom. The molecule has 0 atom stereocenters. The highest BCUT2D eigenvalue weighted by atomic mass is 16.3. The maximum atomic E-state index is 6.54. The van der Waals surface area contributed by atoms with Gasteiger partial charge in [0.15, 0.2) is 17.5 Å². The molecule has 0 saturated carbocycles. The Kier molecular flexibility index (Phi) is 7.36. The molecule has 0 saturated heterocycles. The Labute approximate surface area is 324 Å². The van der Waals surface area contributed by atoms with E-state index in [1.807, 2.05) is 36.4 Å². The van der Waals surface area contributed by atoms with Crippen LogP contribution >= 0.6 is 0 Å². The van der Waals surface area contributed by atoms with Gasteiger partial charge in [0, 0.05) is 21.9 Å². The van der Waals surface area contributed by atoms with Crippen LogP contribution in [0, 0.1) is 0 Å². The summed E-state index contributed by atoms with van der Waals surface area (Å²) in [4.78, 5) is 15.9. The third kappa shape index (κ3) is 4.89. The lowest BCUT2D eigenvalue weighted by Crippen LogP contribution is -2.28. The van der Waals surface area contributed by atoms with Crippen LogP contribution in [0.4, 0.5) is 0 Å². The lowest BCUT2D eigenvalue weighted by molar-refractivity contribution is 0.669. The molecule has 8 aromatic carbocycles. The number of para-hydroxylation sites is 2. The lowest BCUT2D eigenvalue weighted by Gasteiger charge is -2.34. The number of hydrogen-bond donors (Lipinski definition) is 0. The van der Waals surface area contributed by atoms with Crippen molar-refractivity contribution in [1.29, 1.82) is 0 Å². The quantitative estimate of drug-likeness (QED) is 0.172. The smallest absolute Gasteiger partial charge is 0.167 e. The highest BCUT2D eigenvalue weighted by molar-refractivity contribution is 6.09. The van der Waals surface area contributed by atoms with Crippen molar-refractivity contribution in [1.82, 2.24) is 15.0 Å². The Balaban J connectivity index is 1.19. The molecule has 11 rings (SSSR count). The Morgan fingerprint density at radius 1 is 0.339 bits per heavy atom. The van der Waals surface area contributed by atoms with Gasteiger partial charge < -0.3 is 4.42 Å². The summed E-state index contributed by atoms with van der Waals surface area (Å²) in [5, 5.41) is 2.08. The normalized spacial score (nSPS) is 12.8. The first-order valence-electron chi connectivity index (χ1n) is 18.9. The Morgan fingerprint density at radius 3 is 1.62 bits per heavy atom. The second-order valence-corrected chi connectivity index (χ2v) is 14.3. The molecule has 0 fully saturated rings. The predicted octanol–water partition coefficient (Wildman–Crippen LogP) is 12.8. The predicted molar refractivity (Wildman–Crippen MR) is 226 cm³/mol. The summed E-state index contributed by atoms with van der Waals surface area (Å²) in [5.74, 6) is 1.74. The van der Waals surface area contributed by atoms with E-state index in [0.29, 0.717) is 17.5 Å². The molecule has 4 heteroatoms. The van der Waals surface area contributed by atoms with E-state index in [1.165, 1.54) is 33.4 Å². The highest BCUT2D eigenvalue weighted by Gasteiger charge is 2.46. The molecule has 0 unspecified atom stereocenters. The van der Waals surface area contributed by atoms with E-state index in [1.54, 1.807) is 0 Å². The molecule has 0 bridgehead atoms. The fraction of sp³-hybridized carbons (Fsp3) is 0.0192. The standard InChI is InChI=1S/C52H33N3O/c1-4-17-34(18-5-1)38-23-10-11-26-43(38)50-53-49(54-51(55-50)44-28-16-27-42-41-25-13-15-30-47(41)56-48(42)44)35-31-32-40-39-24-12-14-29-45(39)52(46(40)33-35,36-19-6-2-7-20-36)37-21-8-3-9-22-37/h1-33H. The number of nitrogens with zero attached hydrogens (tertiary/aromatic N) is 3. The van der Waals surface area contributed by atoms with Crippen LogP contribution in [0.1, 0.15) is 22.3 Å². The molecule has 0 N–H and O–H groups in total. The monoisotopic (exact) mass is 715 g/mol. The number of benzene rings is 8. The third-order valence-electron chi connectivity index (χ3n) is 11.2. The molecule has 4 nitrogen and oxygen atoms in total. The minimum atomic E-state index is -0.553. The van der Waals surface area contributed by atoms with Crippen LogP contribution in [0.15, 0.2) is 205 Å². The average Bonchev–Trinajstić information content (AvgIpc) is 3.81. The van der Waals surface area contributed by atoms with E-state index in [9.17, 15) is 0 Å². The van der Waals surface area contributed by atoms with Crippen LogP contribution in [0.5, 0.6) is 0 Å². The minimum absolute atomic E-state index is 0.553. The van der Waals surface area contributed by atoms with Gasteiger partial charge in [-0.25, -0.2) is 15.0 Å². The van der Waals surface area contributed by atoms with Gasteiger partial charge >= 0.3 is 0 Å². The van der Waals surface area contributed by atoms with Crippen molar-refractivity contribution in [3.8, 4) is 56.4 Å². The molecule has 0 aliphatic heterocycles. The summed E-state index contributed by atoms with van der Waals surface area (Å²) in [6.45, 7) is 0. The number of fused-ring (bicyclic) bond motifs is 6. The van der Waals surface area contributed by atoms with E-state index < -0.39 is 5.41 Å².